The van der Waals surface area contributed by atoms with E-state index in [-0.39, 0.29) is 17.9 Å². The lowest BCUT2D eigenvalue weighted by Gasteiger charge is -2.35. The number of hydrogen-bond acceptors (Lipinski definition) is 5. The highest BCUT2D eigenvalue weighted by molar-refractivity contribution is 7.07. The van der Waals surface area contributed by atoms with Gasteiger partial charge in [-0.3, -0.25) is 14.5 Å². The smallest absolute Gasteiger partial charge is 0.227 e. The summed E-state index contributed by atoms with van der Waals surface area (Å²) >= 11 is 1.58. The molecule has 1 aromatic heterocycles. The van der Waals surface area contributed by atoms with Crippen LogP contribution in [0, 0.1) is 5.92 Å². The van der Waals surface area contributed by atoms with Crippen LogP contribution in [0.5, 0.6) is 0 Å². The maximum atomic E-state index is 12.8. The second kappa shape index (κ2) is 6.80. The van der Waals surface area contributed by atoms with Crippen LogP contribution in [0.25, 0.3) is 0 Å². The van der Waals surface area contributed by atoms with Crippen molar-refractivity contribution >= 4 is 23.2 Å². The third-order valence-electron chi connectivity index (χ3n) is 5.54. The van der Waals surface area contributed by atoms with Gasteiger partial charge in [-0.2, -0.15) is 0 Å². The standard InChI is InChI=1S/C17H24N4O2S/c22-16-2-1-5-20(16)7-6-19-8-13-3-4-15(10-19)21(17(13)23)9-14-11-24-12-18-14/h11-13,15H,1-10H2/t13-,15+/m0/s1. The van der Waals surface area contributed by atoms with Crippen LogP contribution in [0.1, 0.15) is 31.4 Å². The summed E-state index contributed by atoms with van der Waals surface area (Å²) in [6, 6.07) is 0.284. The molecule has 2 atom stereocenters. The molecule has 1 aromatic rings. The Bertz CT molecular complexity index is 606. The molecule has 24 heavy (non-hydrogen) atoms. The highest BCUT2D eigenvalue weighted by atomic mass is 32.1. The van der Waals surface area contributed by atoms with Crippen LogP contribution < -0.4 is 0 Å². The van der Waals surface area contributed by atoms with Crippen LogP contribution in [-0.4, -0.2) is 70.3 Å². The van der Waals surface area contributed by atoms with E-state index < -0.39 is 0 Å². The Morgan fingerprint density at radius 3 is 2.88 bits per heavy atom. The number of amides is 2. The number of likely N-dealkylation sites (tertiary alicyclic amines) is 1. The molecular weight excluding hydrogens is 324 g/mol. The molecule has 7 heteroatoms. The molecule has 5 rings (SSSR count). The van der Waals surface area contributed by atoms with Crippen LogP contribution in [0.2, 0.25) is 0 Å². The molecule has 6 nitrogen and oxygen atoms in total. The molecule has 130 valence electrons. The van der Waals surface area contributed by atoms with Gasteiger partial charge in [-0.05, 0) is 19.3 Å². The number of thiazole rings is 1. The Morgan fingerprint density at radius 1 is 1.21 bits per heavy atom. The van der Waals surface area contributed by atoms with Gasteiger partial charge in [-0.15, -0.1) is 11.3 Å². The zero-order valence-electron chi connectivity index (χ0n) is 13.9. The van der Waals surface area contributed by atoms with Crippen molar-refractivity contribution in [1.82, 2.24) is 19.7 Å². The molecule has 0 radical (unpaired) electrons. The SMILES string of the molecule is O=C1CCCN1CCN1C[C@@H]2CC[C@H](C1)N(Cc1cscn1)C2=O. The quantitative estimate of drug-likeness (QED) is 0.802. The van der Waals surface area contributed by atoms with Crippen LogP contribution in [0.3, 0.4) is 0 Å². The lowest BCUT2D eigenvalue weighted by molar-refractivity contribution is -0.140. The van der Waals surface area contributed by atoms with Gasteiger partial charge in [-0.1, -0.05) is 0 Å². The second-order valence-corrected chi connectivity index (χ2v) is 7.84. The van der Waals surface area contributed by atoms with E-state index in [2.05, 4.69) is 9.88 Å². The van der Waals surface area contributed by atoms with Crippen molar-refractivity contribution in [2.45, 2.75) is 38.3 Å². The van der Waals surface area contributed by atoms with Crippen molar-refractivity contribution in [3.05, 3.63) is 16.6 Å². The van der Waals surface area contributed by atoms with Gasteiger partial charge in [-0.25, -0.2) is 4.98 Å². The van der Waals surface area contributed by atoms with E-state index >= 15 is 0 Å². The Morgan fingerprint density at radius 2 is 2.12 bits per heavy atom. The van der Waals surface area contributed by atoms with Gasteiger partial charge in [0, 0.05) is 50.6 Å². The summed E-state index contributed by atoms with van der Waals surface area (Å²) in [4.78, 5) is 35.3. The predicted molar refractivity (Wildman–Crippen MR) is 91.4 cm³/mol. The largest absolute Gasteiger partial charge is 0.341 e. The Kier molecular flexibility index (Phi) is 4.54. The highest BCUT2D eigenvalue weighted by Gasteiger charge is 2.40. The maximum absolute atomic E-state index is 12.8. The van der Waals surface area contributed by atoms with Crippen LogP contribution >= 0.6 is 11.3 Å². The minimum absolute atomic E-state index is 0.108. The van der Waals surface area contributed by atoms with E-state index in [0.717, 1.165) is 57.7 Å². The molecule has 4 saturated heterocycles. The van der Waals surface area contributed by atoms with Crippen molar-refractivity contribution in [1.29, 1.82) is 0 Å². The molecule has 4 aliphatic heterocycles. The molecular formula is C17H24N4O2S. The number of nitrogens with zero attached hydrogens (tertiary/aromatic N) is 4. The normalized spacial score (nSPS) is 28.0. The Hall–Kier alpha value is -1.47. The summed E-state index contributed by atoms with van der Waals surface area (Å²) < 4.78 is 0. The number of fused-ring (bicyclic) bond motifs is 4. The monoisotopic (exact) mass is 348 g/mol. The molecule has 0 spiro atoms. The predicted octanol–water partition coefficient (Wildman–Crippen LogP) is 1.19. The van der Waals surface area contributed by atoms with Crippen LogP contribution in [0.15, 0.2) is 10.9 Å². The lowest BCUT2D eigenvalue weighted by atomic mass is 9.94. The summed E-state index contributed by atoms with van der Waals surface area (Å²) in [6.07, 6.45) is 3.77. The molecule has 0 unspecified atom stereocenters. The van der Waals surface area contributed by atoms with Gasteiger partial charge in [0.1, 0.15) is 0 Å². The summed E-state index contributed by atoms with van der Waals surface area (Å²) in [5, 5.41) is 2.03. The molecule has 2 bridgehead atoms. The maximum Gasteiger partial charge on any atom is 0.227 e. The highest BCUT2D eigenvalue weighted by Crippen LogP contribution is 2.30. The van der Waals surface area contributed by atoms with Crippen LogP contribution in [-0.2, 0) is 16.1 Å². The second-order valence-electron chi connectivity index (χ2n) is 7.12. The number of hydrogen-bond donors (Lipinski definition) is 0. The third kappa shape index (κ3) is 3.19. The van der Waals surface area contributed by atoms with Gasteiger partial charge >= 0.3 is 0 Å². The first-order valence-corrected chi connectivity index (χ1v) is 9.82. The van der Waals surface area contributed by atoms with E-state index in [1.54, 1.807) is 11.3 Å². The summed E-state index contributed by atoms with van der Waals surface area (Å²) in [5.74, 6) is 0.685. The fraction of sp³-hybridized carbons (Fsp3) is 0.706. The fourth-order valence-electron chi connectivity index (χ4n) is 4.21. The first kappa shape index (κ1) is 16.0. The number of carbonyl (C=O) groups excluding carboxylic acids is 2. The zero-order chi connectivity index (χ0) is 16.5. The first-order valence-electron chi connectivity index (χ1n) is 8.88. The number of piperidine rings is 1. The van der Waals surface area contributed by atoms with Crippen LogP contribution in [0.4, 0.5) is 0 Å². The molecule has 0 aliphatic carbocycles. The average molecular weight is 348 g/mol. The average Bonchev–Trinajstić information content (AvgIpc) is 3.15. The summed E-state index contributed by atoms with van der Waals surface area (Å²) in [7, 11) is 0. The van der Waals surface area contributed by atoms with Gasteiger partial charge in [0.2, 0.25) is 11.8 Å². The van der Waals surface area contributed by atoms with Crippen molar-refractivity contribution < 1.29 is 9.59 Å². The van der Waals surface area contributed by atoms with E-state index in [4.69, 9.17) is 0 Å². The molecule has 0 N–H and O–H groups in total. The molecule has 4 fully saturated rings. The topological polar surface area (TPSA) is 56.8 Å². The number of rotatable bonds is 5. The van der Waals surface area contributed by atoms with Gasteiger partial charge in [0.25, 0.3) is 0 Å². The van der Waals surface area contributed by atoms with Gasteiger partial charge in [0.15, 0.2) is 0 Å². The van der Waals surface area contributed by atoms with E-state index in [1.165, 1.54) is 0 Å². The third-order valence-corrected chi connectivity index (χ3v) is 6.18. The Balaban J connectivity index is 1.40. The number of carbonyl (C=O) groups is 2. The minimum Gasteiger partial charge on any atom is -0.341 e. The van der Waals surface area contributed by atoms with Gasteiger partial charge in [0.05, 0.1) is 23.7 Å². The van der Waals surface area contributed by atoms with Gasteiger partial charge < -0.3 is 9.80 Å². The molecule has 4 aliphatic rings. The van der Waals surface area contributed by atoms with E-state index in [0.29, 0.717) is 18.9 Å². The fourth-order valence-corrected chi connectivity index (χ4v) is 4.76. The van der Waals surface area contributed by atoms with Crippen molar-refractivity contribution in [2.75, 3.05) is 32.7 Å². The zero-order valence-corrected chi connectivity index (χ0v) is 14.7. The number of aromatic nitrogens is 1. The minimum atomic E-state index is 0.108. The summed E-state index contributed by atoms with van der Waals surface area (Å²) in [5.41, 5.74) is 2.82. The first-order chi connectivity index (χ1) is 11.7. The van der Waals surface area contributed by atoms with Crippen molar-refractivity contribution in [2.24, 2.45) is 5.92 Å². The Labute approximate surface area is 146 Å². The molecule has 0 saturated carbocycles. The lowest BCUT2D eigenvalue weighted by Crippen LogP contribution is -2.47. The summed E-state index contributed by atoms with van der Waals surface area (Å²) in [6.45, 7) is 4.99. The van der Waals surface area contributed by atoms with E-state index in [9.17, 15) is 9.59 Å². The molecule has 5 heterocycles. The molecule has 2 amide bonds. The van der Waals surface area contributed by atoms with Crippen molar-refractivity contribution in [3.8, 4) is 0 Å². The molecule has 0 aromatic carbocycles. The van der Waals surface area contributed by atoms with E-state index in [1.807, 2.05) is 20.7 Å². The van der Waals surface area contributed by atoms with Crippen molar-refractivity contribution in [3.63, 3.8) is 0 Å².